The number of nitrogens with one attached hydrogen (secondary N) is 2. The lowest BCUT2D eigenvalue weighted by atomic mass is 9.89. The van der Waals surface area contributed by atoms with Crippen molar-refractivity contribution in [2.24, 2.45) is 10.4 Å². The van der Waals surface area contributed by atoms with Gasteiger partial charge >= 0.3 is 6.03 Å². The zero-order valence-electron chi connectivity index (χ0n) is 17.0. The van der Waals surface area contributed by atoms with Gasteiger partial charge in [-0.05, 0) is 25.7 Å². The molecule has 1 unspecified atom stereocenters. The van der Waals surface area contributed by atoms with Crippen LogP contribution in [0.2, 0.25) is 0 Å². The van der Waals surface area contributed by atoms with Gasteiger partial charge in [0.25, 0.3) is 0 Å². The molecule has 2 heterocycles. The second-order valence-corrected chi connectivity index (χ2v) is 10.0. The molecule has 1 aliphatic heterocycles. The molecule has 2 fully saturated rings. The van der Waals surface area contributed by atoms with Crippen LogP contribution in [0.1, 0.15) is 69.9 Å². The lowest BCUT2D eigenvalue weighted by molar-refractivity contribution is 0.114. The monoisotopic (exact) mass is 437 g/mol. The number of thioether (sulfide) groups is 1. The van der Waals surface area contributed by atoms with Crippen molar-refractivity contribution < 1.29 is 4.79 Å². The Bertz CT molecular complexity index is 682. The van der Waals surface area contributed by atoms with Crippen LogP contribution in [0.5, 0.6) is 0 Å². The topological polar surface area (TPSA) is 85.2 Å². The molecule has 4 rings (SSSR count). The molecule has 1 atom stereocenters. The molecular formula is C19H31N7OS2. The molecule has 0 saturated heterocycles. The Balaban J connectivity index is 1.36. The summed E-state index contributed by atoms with van der Waals surface area (Å²) >= 11 is 3.19. The number of rotatable bonds is 6. The average molecular weight is 438 g/mol. The summed E-state index contributed by atoms with van der Waals surface area (Å²) in [5.41, 5.74) is 3.95. The van der Waals surface area contributed by atoms with Crippen molar-refractivity contribution in [3.8, 4) is 0 Å². The summed E-state index contributed by atoms with van der Waals surface area (Å²) in [6.07, 6.45) is 12.1. The molecule has 2 saturated carbocycles. The normalized spacial score (nSPS) is 23.2. The van der Waals surface area contributed by atoms with Gasteiger partial charge in [-0.2, -0.15) is 0 Å². The molecule has 2 aliphatic carbocycles. The Morgan fingerprint density at radius 1 is 1.21 bits per heavy atom. The van der Waals surface area contributed by atoms with E-state index in [0.717, 1.165) is 37.1 Å². The molecule has 2 N–H and O–H groups in total. The first-order valence-corrected chi connectivity index (χ1v) is 12.7. The summed E-state index contributed by atoms with van der Waals surface area (Å²) in [6.45, 7) is 0. The Hall–Kier alpha value is -1.55. The zero-order valence-corrected chi connectivity index (χ0v) is 18.7. The minimum atomic E-state index is 0.0304. The SMILES string of the molecule is CN1N=NNC1SCc1csc(NC(=O)N(C2CCCCC2)C2CCCCC2)n1. The van der Waals surface area contributed by atoms with Crippen LogP contribution in [0.25, 0.3) is 0 Å². The highest BCUT2D eigenvalue weighted by Gasteiger charge is 2.32. The number of urea groups is 1. The first-order chi connectivity index (χ1) is 14.2. The number of hydrogen-bond acceptors (Lipinski definition) is 8. The molecule has 10 heteroatoms. The molecule has 1 aromatic heterocycles. The van der Waals surface area contributed by atoms with Crippen molar-refractivity contribution in [2.75, 3.05) is 12.4 Å². The number of aromatic nitrogens is 1. The smallest absolute Gasteiger partial charge is 0.319 e. The van der Waals surface area contributed by atoms with Gasteiger partial charge in [0.05, 0.1) is 5.69 Å². The molecule has 1 aromatic rings. The minimum absolute atomic E-state index is 0.0304. The molecule has 8 nitrogen and oxygen atoms in total. The third-order valence-electron chi connectivity index (χ3n) is 6.02. The molecule has 0 bridgehead atoms. The van der Waals surface area contributed by atoms with E-state index in [1.54, 1.807) is 16.8 Å². The Morgan fingerprint density at radius 3 is 2.45 bits per heavy atom. The number of carbonyl (C=O) groups excluding carboxylic acids is 1. The van der Waals surface area contributed by atoms with E-state index in [1.807, 2.05) is 12.4 Å². The number of hydrogen-bond donors (Lipinski definition) is 2. The van der Waals surface area contributed by atoms with E-state index < -0.39 is 0 Å². The third-order valence-corrected chi connectivity index (χ3v) is 8.01. The summed E-state index contributed by atoms with van der Waals surface area (Å²) < 4.78 is 0. The molecular weight excluding hydrogens is 406 g/mol. The summed E-state index contributed by atoms with van der Waals surface area (Å²) in [5.74, 6) is 0.744. The van der Waals surface area contributed by atoms with Crippen LogP contribution >= 0.6 is 23.1 Å². The van der Waals surface area contributed by atoms with Crippen LogP contribution in [-0.2, 0) is 5.75 Å². The molecule has 0 spiro atoms. The number of nitrogens with zero attached hydrogens (tertiary/aromatic N) is 5. The molecule has 160 valence electrons. The molecule has 0 aromatic carbocycles. The lowest BCUT2D eigenvalue weighted by Crippen LogP contribution is -2.50. The highest BCUT2D eigenvalue weighted by Crippen LogP contribution is 2.31. The van der Waals surface area contributed by atoms with Gasteiger partial charge in [0, 0.05) is 30.3 Å². The van der Waals surface area contributed by atoms with Gasteiger partial charge < -0.3 is 4.90 Å². The molecule has 0 radical (unpaired) electrons. The lowest BCUT2D eigenvalue weighted by Gasteiger charge is -2.41. The third kappa shape index (κ3) is 5.33. The maximum absolute atomic E-state index is 13.3. The van der Waals surface area contributed by atoms with Crippen LogP contribution < -0.4 is 10.7 Å². The Kier molecular flexibility index (Phi) is 7.12. The largest absolute Gasteiger partial charge is 0.324 e. The van der Waals surface area contributed by atoms with Gasteiger partial charge in [0.1, 0.15) is 0 Å². The fourth-order valence-corrected chi connectivity index (χ4v) is 6.18. The highest BCUT2D eigenvalue weighted by molar-refractivity contribution is 7.99. The van der Waals surface area contributed by atoms with Crippen LogP contribution in [-0.4, -0.2) is 45.6 Å². The van der Waals surface area contributed by atoms with Crippen LogP contribution in [0.3, 0.4) is 0 Å². The predicted molar refractivity (Wildman–Crippen MR) is 118 cm³/mol. The number of anilines is 1. The van der Waals surface area contributed by atoms with Crippen molar-refractivity contribution >= 4 is 34.3 Å². The highest BCUT2D eigenvalue weighted by atomic mass is 32.2. The van der Waals surface area contributed by atoms with Gasteiger partial charge in [-0.15, -0.1) is 23.1 Å². The van der Waals surface area contributed by atoms with Crippen molar-refractivity contribution in [3.63, 3.8) is 0 Å². The molecule has 2 amide bonds. The fraction of sp³-hybridized carbons (Fsp3) is 0.789. The summed E-state index contributed by atoms with van der Waals surface area (Å²) in [7, 11) is 1.89. The van der Waals surface area contributed by atoms with Crippen molar-refractivity contribution in [1.29, 1.82) is 0 Å². The van der Waals surface area contributed by atoms with Crippen LogP contribution in [0.4, 0.5) is 9.93 Å². The van der Waals surface area contributed by atoms with E-state index in [-0.39, 0.29) is 11.5 Å². The van der Waals surface area contributed by atoms with Crippen LogP contribution in [0.15, 0.2) is 15.8 Å². The second kappa shape index (κ2) is 9.97. The summed E-state index contributed by atoms with van der Waals surface area (Å²) in [5, 5.41) is 15.4. The maximum atomic E-state index is 13.3. The number of carbonyl (C=O) groups is 1. The first kappa shape index (κ1) is 20.7. The first-order valence-electron chi connectivity index (χ1n) is 10.7. The van der Waals surface area contributed by atoms with Gasteiger partial charge in [-0.25, -0.2) is 14.8 Å². The maximum Gasteiger partial charge on any atom is 0.324 e. The zero-order chi connectivity index (χ0) is 20.1. The Morgan fingerprint density at radius 2 is 1.86 bits per heavy atom. The van der Waals surface area contributed by atoms with E-state index in [0.29, 0.717) is 17.2 Å². The van der Waals surface area contributed by atoms with Crippen molar-refractivity contribution in [2.45, 2.75) is 87.5 Å². The van der Waals surface area contributed by atoms with Crippen molar-refractivity contribution in [1.82, 2.24) is 20.3 Å². The molecule has 3 aliphatic rings. The Labute approximate surface area is 180 Å². The average Bonchev–Trinajstić information content (AvgIpc) is 3.36. The predicted octanol–water partition coefficient (Wildman–Crippen LogP) is 4.98. The van der Waals surface area contributed by atoms with Crippen molar-refractivity contribution in [3.05, 3.63) is 11.1 Å². The van der Waals surface area contributed by atoms with E-state index in [9.17, 15) is 4.79 Å². The van der Waals surface area contributed by atoms with E-state index in [2.05, 4.69) is 31.1 Å². The summed E-state index contributed by atoms with van der Waals surface area (Å²) in [4.78, 5) is 20.1. The van der Waals surface area contributed by atoms with Gasteiger partial charge in [0.15, 0.2) is 10.6 Å². The minimum Gasteiger partial charge on any atom is -0.319 e. The molecule has 29 heavy (non-hydrogen) atoms. The van der Waals surface area contributed by atoms with Crippen LogP contribution in [0, 0.1) is 0 Å². The quantitative estimate of drug-likeness (QED) is 0.656. The standard InChI is InChI=1S/C19H31N7OS2/c1-25-19(22-23-24-25)29-13-14-12-28-17(20-14)21-18(27)26(15-8-4-2-5-9-15)16-10-6-3-7-11-16/h12,15-16,19H,2-11,13H2,1H3,(H,22,24)(H,20,21,27). The van der Waals surface area contributed by atoms with E-state index >= 15 is 0 Å². The number of amides is 2. The summed E-state index contributed by atoms with van der Waals surface area (Å²) in [6, 6.07) is 0.823. The van der Waals surface area contributed by atoms with Gasteiger partial charge in [-0.1, -0.05) is 49.0 Å². The number of thiazole rings is 1. The van der Waals surface area contributed by atoms with Gasteiger partial charge in [-0.3, -0.25) is 10.7 Å². The second-order valence-electron chi connectivity index (χ2n) is 8.12. The fourth-order valence-electron chi connectivity index (χ4n) is 4.52. The van der Waals surface area contributed by atoms with E-state index in [1.165, 1.54) is 49.9 Å². The van der Waals surface area contributed by atoms with E-state index in [4.69, 9.17) is 0 Å². The van der Waals surface area contributed by atoms with Gasteiger partial charge in [0.2, 0.25) is 0 Å².